The van der Waals surface area contributed by atoms with E-state index >= 15 is 0 Å². The summed E-state index contributed by atoms with van der Waals surface area (Å²) in [5.41, 5.74) is 1.78. The second kappa shape index (κ2) is 7.19. The Kier molecular flexibility index (Phi) is 5.52. The van der Waals surface area contributed by atoms with Gasteiger partial charge < -0.3 is 15.4 Å². The Hall–Kier alpha value is -1.47. The number of benzene rings is 1. The van der Waals surface area contributed by atoms with E-state index in [9.17, 15) is 14.7 Å². The molecule has 2 unspecified atom stereocenters. The Morgan fingerprint density at radius 1 is 1.45 bits per heavy atom. The second-order valence-corrected chi connectivity index (χ2v) is 6.99. The molecule has 0 spiro atoms. The number of aromatic amines is 1. The molecular formula is C15H17BrN2O3S. The summed E-state index contributed by atoms with van der Waals surface area (Å²) in [4.78, 5) is 26.5. The lowest BCUT2D eigenvalue weighted by Crippen LogP contribution is -2.45. The van der Waals surface area contributed by atoms with Crippen molar-refractivity contribution in [2.45, 2.75) is 24.6 Å². The third-order valence-corrected chi connectivity index (χ3v) is 5.08. The van der Waals surface area contributed by atoms with Gasteiger partial charge in [-0.25, -0.2) is 4.79 Å². The number of rotatable bonds is 6. The van der Waals surface area contributed by atoms with Gasteiger partial charge in [-0.3, -0.25) is 4.79 Å². The summed E-state index contributed by atoms with van der Waals surface area (Å²) in [5, 5.41) is 12.6. The van der Waals surface area contributed by atoms with Gasteiger partial charge in [-0.15, -0.1) is 0 Å². The lowest BCUT2D eigenvalue weighted by molar-refractivity contribution is -0.141. The standard InChI is InChI=1S/C15H17BrN2O3S/c1-8(22-2)14(19)18-12(15(20)21)6-9-7-17-11-5-3-4-10(16)13(9)11/h3-5,7-8,12,17H,6H2,1-2H3,(H,18,19)(H,20,21). The molecule has 0 saturated heterocycles. The molecule has 2 aromatic rings. The predicted molar refractivity (Wildman–Crippen MR) is 92.2 cm³/mol. The van der Waals surface area contributed by atoms with Gasteiger partial charge in [0, 0.05) is 28.0 Å². The number of carboxylic acid groups (broad SMARTS) is 1. The molecule has 1 amide bonds. The quantitative estimate of drug-likeness (QED) is 0.714. The molecule has 1 heterocycles. The highest BCUT2D eigenvalue weighted by Gasteiger charge is 2.24. The van der Waals surface area contributed by atoms with E-state index in [-0.39, 0.29) is 17.6 Å². The highest BCUT2D eigenvalue weighted by atomic mass is 79.9. The molecule has 2 rings (SSSR count). The SMILES string of the molecule is CSC(C)C(=O)NC(Cc1c[nH]c2cccc(Br)c12)C(=O)O. The number of aromatic nitrogens is 1. The van der Waals surface area contributed by atoms with Gasteiger partial charge in [0.1, 0.15) is 6.04 Å². The number of carboxylic acids is 1. The lowest BCUT2D eigenvalue weighted by Gasteiger charge is -2.16. The van der Waals surface area contributed by atoms with Crippen molar-refractivity contribution < 1.29 is 14.7 Å². The van der Waals surface area contributed by atoms with Gasteiger partial charge in [0.2, 0.25) is 5.91 Å². The molecule has 7 heteroatoms. The monoisotopic (exact) mass is 384 g/mol. The van der Waals surface area contributed by atoms with E-state index < -0.39 is 12.0 Å². The van der Waals surface area contributed by atoms with E-state index in [1.807, 2.05) is 24.5 Å². The molecule has 22 heavy (non-hydrogen) atoms. The molecular weight excluding hydrogens is 368 g/mol. The van der Waals surface area contributed by atoms with Crippen LogP contribution in [0.2, 0.25) is 0 Å². The van der Waals surface area contributed by atoms with E-state index in [1.54, 1.807) is 13.1 Å². The topological polar surface area (TPSA) is 82.2 Å². The van der Waals surface area contributed by atoms with Crippen molar-refractivity contribution >= 4 is 50.5 Å². The van der Waals surface area contributed by atoms with Crippen LogP contribution >= 0.6 is 27.7 Å². The molecule has 1 aromatic carbocycles. The molecule has 0 radical (unpaired) electrons. The summed E-state index contributed by atoms with van der Waals surface area (Å²) < 4.78 is 0.897. The van der Waals surface area contributed by atoms with Crippen LogP contribution in [-0.4, -0.2) is 39.5 Å². The van der Waals surface area contributed by atoms with Crippen molar-refractivity contribution in [1.82, 2.24) is 10.3 Å². The summed E-state index contributed by atoms with van der Waals surface area (Å²) in [6.45, 7) is 1.75. The minimum absolute atomic E-state index is 0.227. The maximum Gasteiger partial charge on any atom is 0.326 e. The third kappa shape index (κ3) is 3.64. The van der Waals surface area contributed by atoms with Crippen LogP contribution in [0, 0.1) is 0 Å². The highest BCUT2D eigenvalue weighted by Crippen LogP contribution is 2.27. The number of nitrogens with one attached hydrogen (secondary N) is 2. The van der Waals surface area contributed by atoms with Gasteiger partial charge in [-0.05, 0) is 30.9 Å². The molecule has 0 aliphatic heterocycles. The van der Waals surface area contributed by atoms with Crippen LogP contribution in [0.25, 0.3) is 10.9 Å². The smallest absolute Gasteiger partial charge is 0.326 e. The number of carbonyl (C=O) groups is 2. The summed E-state index contributed by atoms with van der Waals surface area (Å²) in [5.74, 6) is -1.30. The Balaban J connectivity index is 2.24. The first kappa shape index (κ1) is 16.9. The van der Waals surface area contributed by atoms with Crippen LogP contribution < -0.4 is 5.32 Å². The number of hydrogen-bond donors (Lipinski definition) is 3. The van der Waals surface area contributed by atoms with Crippen LogP contribution in [0.1, 0.15) is 12.5 Å². The predicted octanol–water partition coefficient (Wildman–Crippen LogP) is 2.79. The Labute approximate surface area is 141 Å². The van der Waals surface area contributed by atoms with Gasteiger partial charge in [-0.1, -0.05) is 22.0 Å². The van der Waals surface area contributed by atoms with Gasteiger partial charge >= 0.3 is 5.97 Å². The third-order valence-electron chi connectivity index (χ3n) is 3.50. The average molecular weight is 385 g/mol. The zero-order chi connectivity index (χ0) is 16.3. The summed E-state index contributed by atoms with van der Waals surface area (Å²) in [7, 11) is 0. The number of fused-ring (bicyclic) bond motifs is 1. The number of thioether (sulfide) groups is 1. The molecule has 0 fully saturated rings. The van der Waals surface area contributed by atoms with Crippen molar-refractivity contribution in [2.75, 3.05) is 6.26 Å². The lowest BCUT2D eigenvalue weighted by atomic mass is 10.0. The van der Waals surface area contributed by atoms with Gasteiger partial charge in [0.25, 0.3) is 0 Å². The normalized spacial score (nSPS) is 13.8. The van der Waals surface area contributed by atoms with Crippen LogP contribution in [0.4, 0.5) is 0 Å². The Morgan fingerprint density at radius 3 is 2.82 bits per heavy atom. The van der Waals surface area contributed by atoms with Crippen LogP contribution in [-0.2, 0) is 16.0 Å². The molecule has 1 aromatic heterocycles. The fourth-order valence-electron chi connectivity index (χ4n) is 2.18. The molecule has 0 bridgehead atoms. The zero-order valence-corrected chi connectivity index (χ0v) is 14.6. The summed E-state index contributed by atoms with van der Waals surface area (Å²) in [6, 6.07) is 4.79. The van der Waals surface area contributed by atoms with Crippen molar-refractivity contribution in [1.29, 1.82) is 0 Å². The number of hydrogen-bond acceptors (Lipinski definition) is 3. The van der Waals surface area contributed by atoms with Crippen LogP contribution in [0.5, 0.6) is 0 Å². The van der Waals surface area contributed by atoms with Gasteiger partial charge in [0.15, 0.2) is 0 Å². The van der Waals surface area contributed by atoms with Crippen molar-refractivity contribution in [3.63, 3.8) is 0 Å². The maximum absolute atomic E-state index is 11.9. The van der Waals surface area contributed by atoms with Crippen LogP contribution in [0.15, 0.2) is 28.9 Å². The van der Waals surface area contributed by atoms with Gasteiger partial charge in [0.05, 0.1) is 5.25 Å². The summed E-state index contributed by atoms with van der Waals surface area (Å²) >= 11 is 4.86. The Morgan fingerprint density at radius 2 is 2.18 bits per heavy atom. The molecule has 0 saturated carbocycles. The fourth-order valence-corrected chi connectivity index (χ4v) is 3.09. The Bertz CT molecular complexity index is 701. The largest absolute Gasteiger partial charge is 0.480 e. The molecule has 3 N–H and O–H groups in total. The number of carbonyl (C=O) groups excluding carboxylic acids is 1. The number of H-pyrrole nitrogens is 1. The summed E-state index contributed by atoms with van der Waals surface area (Å²) in [6.07, 6.45) is 3.83. The minimum Gasteiger partial charge on any atom is -0.480 e. The molecule has 0 aliphatic carbocycles. The molecule has 5 nitrogen and oxygen atoms in total. The first-order chi connectivity index (χ1) is 10.4. The van der Waals surface area contributed by atoms with Crippen molar-refractivity contribution in [3.8, 4) is 0 Å². The van der Waals surface area contributed by atoms with E-state index in [2.05, 4.69) is 26.2 Å². The van der Waals surface area contributed by atoms with Crippen molar-refractivity contribution in [2.24, 2.45) is 0 Å². The molecule has 118 valence electrons. The van der Waals surface area contributed by atoms with E-state index in [0.717, 1.165) is 20.9 Å². The number of aliphatic carboxylic acids is 1. The minimum atomic E-state index is -1.04. The zero-order valence-electron chi connectivity index (χ0n) is 12.2. The molecule has 0 aliphatic rings. The van der Waals surface area contributed by atoms with E-state index in [0.29, 0.717) is 0 Å². The first-order valence-electron chi connectivity index (χ1n) is 6.74. The number of halogens is 1. The van der Waals surface area contributed by atoms with E-state index in [1.165, 1.54) is 11.8 Å². The highest BCUT2D eigenvalue weighted by molar-refractivity contribution is 9.10. The molecule has 2 atom stereocenters. The van der Waals surface area contributed by atoms with Gasteiger partial charge in [-0.2, -0.15) is 11.8 Å². The second-order valence-electron chi connectivity index (χ2n) is 4.96. The first-order valence-corrected chi connectivity index (χ1v) is 8.82. The fraction of sp³-hybridized carbons (Fsp3) is 0.333. The maximum atomic E-state index is 11.9. The van der Waals surface area contributed by atoms with Crippen molar-refractivity contribution in [3.05, 3.63) is 34.4 Å². The number of amides is 1. The van der Waals surface area contributed by atoms with Crippen LogP contribution in [0.3, 0.4) is 0 Å². The average Bonchev–Trinajstić information content (AvgIpc) is 2.90. The van der Waals surface area contributed by atoms with E-state index in [4.69, 9.17) is 0 Å².